The molecule has 27 heavy (non-hydrogen) atoms. The maximum absolute atomic E-state index is 13.5. The highest BCUT2D eigenvalue weighted by molar-refractivity contribution is 9.10. The van der Waals surface area contributed by atoms with Crippen LogP contribution in [0.15, 0.2) is 52.1 Å². The second-order valence-electron chi connectivity index (χ2n) is 5.93. The van der Waals surface area contributed by atoms with Crippen LogP contribution in [0.5, 0.6) is 0 Å². The second kappa shape index (κ2) is 6.31. The molecule has 0 aliphatic heterocycles. The highest BCUT2D eigenvalue weighted by atomic mass is 79.9. The Morgan fingerprint density at radius 1 is 1.04 bits per heavy atom. The van der Waals surface area contributed by atoms with Gasteiger partial charge >= 0.3 is 6.18 Å². The number of rotatable bonds is 2. The van der Waals surface area contributed by atoms with Crippen LogP contribution < -0.4 is 0 Å². The van der Waals surface area contributed by atoms with E-state index in [0.717, 1.165) is 5.39 Å². The van der Waals surface area contributed by atoms with Crippen LogP contribution in [-0.2, 0) is 0 Å². The molecule has 2 aromatic heterocycles. The van der Waals surface area contributed by atoms with Gasteiger partial charge in [0.1, 0.15) is 0 Å². The van der Waals surface area contributed by atoms with Crippen molar-refractivity contribution in [1.29, 1.82) is 0 Å². The molecule has 0 amide bonds. The fourth-order valence-corrected chi connectivity index (χ4v) is 3.63. The number of nitrogens with zero attached hydrogens (tertiary/aromatic N) is 1. The number of alkyl halides is 3. The van der Waals surface area contributed by atoms with Gasteiger partial charge in [-0.1, -0.05) is 44.8 Å². The lowest BCUT2D eigenvalue weighted by molar-refractivity contribution is -0.0600. The number of aromatic amines is 2. The number of aromatic nitrogens is 2. The van der Waals surface area contributed by atoms with Gasteiger partial charge < -0.3 is 15.2 Å². The van der Waals surface area contributed by atoms with Crippen LogP contribution in [0.25, 0.3) is 33.2 Å². The van der Waals surface area contributed by atoms with Crippen molar-refractivity contribution in [2.45, 2.75) is 6.18 Å². The van der Waals surface area contributed by atoms with Crippen LogP contribution in [0.1, 0.15) is 5.56 Å². The standard InChI is InChI=1S/C18H10BrClF3N3O/c19-9-2-4-11-13(6-9)25-16(15(11)17(26-27)18(21,22)23)14-5-8-1-3-10(20)7-12(8)24-14/h1-7,24-25,27H/b26-17-. The van der Waals surface area contributed by atoms with Gasteiger partial charge in [-0.25, -0.2) is 0 Å². The summed E-state index contributed by atoms with van der Waals surface area (Å²) in [6.07, 6.45) is -4.83. The number of oxime groups is 1. The minimum atomic E-state index is -4.83. The molecule has 0 aliphatic rings. The smallest absolute Gasteiger partial charge is 0.410 e. The van der Waals surface area contributed by atoms with Crippen molar-refractivity contribution in [2.75, 3.05) is 0 Å². The summed E-state index contributed by atoms with van der Waals surface area (Å²) in [7, 11) is 0. The summed E-state index contributed by atoms with van der Waals surface area (Å²) in [5, 5.41) is 13.2. The first-order valence-electron chi connectivity index (χ1n) is 7.67. The SMILES string of the molecule is O/N=C(/c1c(-c2cc3ccc(Cl)cc3[nH]2)[nH]c2cc(Br)ccc12)C(F)(F)F. The van der Waals surface area contributed by atoms with E-state index in [1.54, 1.807) is 36.4 Å². The predicted octanol–water partition coefficient (Wildman–Crippen LogP) is 6.47. The van der Waals surface area contributed by atoms with E-state index in [1.807, 2.05) is 0 Å². The Morgan fingerprint density at radius 3 is 2.52 bits per heavy atom. The highest BCUT2D eigenvalue weighted by Gasteiger charge is 2.41. The molecule has 0 radical (unpaired) electrons. The molecule has 9 heteroatoms. The molecular formula is C18H10BrClF3N3O. The van der Waals surface area contributed by atoms with Gasteiger partial charge in [0, 0.05) is 36.9 Å². The number of fused-ring (bicyclic) bond motifs is 2. The molecule has 4 nitrogen and oxygen atoms in total. The quantitative estimate of drug-likeness (QED) is 0.181. The predicted molar refractivity (Wildman–Crippen MR) is 103 cm³/mol. The van der Waals surface area contributed by atoms with Crippen molar-refractivity contribution in [3.8, 4) is 11.4 Å². The summed E-state index contributed by atoms with van der Waals surface area (Å²) in [4.78, 5) is 6.07. The molecule has 2 aromatic carbocycles. The first-order chi connectivity index (χ1) is 12.8. The third kappa shape index (κ3) is 3.08. The van der Waals surface area contributed by atoms with Gasteiger partial charge in [0.25, 0.3) is 0 Å². The first-order valence-corrected chi connectivity index (χ1v) is 8.84. The topological polar surface area (TPSA) is 64.2 Å². The van der Waals surface area contributed by atoms with E-state index in [1.165, 1.54) is 6.07 Å². The van der Waals surface area contributed by atoms with Gasteiger partial charge in [-0.15, -0.1) is 0 Å². The largest absolute Gasteiger partial charge is 0.437 e. The minimum Gasteiger partial charge on any atom is -0.410 e. The van der Waals surface area contributed by atoms with Crippen LogP contribution in [-0.4, -0.2) is 27.1 Å². The summed E-state index contributed by atoms with van der Waals surface area (Å²) in [6.45, 7) is 0. The molecule has 0 saturated heterocycles. The summed E-state index contributed by atoms with van der Waals surface area (Å²) in [5.41, 5.74) is 0.127. The Balaban J connectivity index is 2.05. The molecule has 138 valence electrons. The Labute approximate surface area is 163 Å². The van der Waals surface area contributed by atoms with E-state index in [-0.39, 0.29) is 16.6 Å². The van der Waals surface area contributed by atoms with Gasteiger partial charge in [0.05, 0.1) is 11.4 Å². The molecule has 0 spiro atoms. The van der Waals surface area contributed by atoms with E-state index >= 15 is 0 Å². The monoisotopic (exact) mass is 455 g/mol. The van der Waals surface area contributed by atoms with E-state index in [4.69, 9.17) is 16.8 Å². The summed E-state index contributed by atoms with van der Waals surface area (Å²) in [5.74, 6) is 0. The lowest BCUT2D eigenvalue weighted by atomic mass is 10.0. The van der Waals surface area contributed by atoms with Crippen molar-refractivity contribution >= 4 is 55.0 Å². The van der Waals surface area contributed by atoms with Crippen LogP contribution in [0.3, 0.4) is 0 Å². The lowest BCUT2D eigenvalue weighted by Crippen LogP contribution is -2.24. The van der Waals surface area contributed by atoms with E-state index in [9.17, 15) is 13.2 Å². The Kier molecular flexibility index (Phi) is 4.20. The maximum Gasteiger partial charge on any atom is 0.437 e. The van der Waals surface area contributed by atoms with E-state index in [0.29, 0.717) is 26.2 Å². The molecule has 0 fully saturated rings. The fraction of sp³-hybridized carbons (Fsp3) is 0.0556. The average Bonchev–Trinajstić information content (AvgIpc) is 3.15. The Hall–Kier alpha value is -2.45. The first kappa shape index (κ1) is 17.9. The third-order valence-electron chi connectivity index (χ3n) is 4.22. The van der Waals surface area contributed by atoms with Crippen LogP contribution in [0, 0.1) is 0 Å². The third-order valence-corrected chi connectivity index (χ3v) is 4.95. The minimum absolute atomic E-state index is 0.167. The van der Waals surface area contributed by atoms with E-state index in [2.05, 4.69) is 31.1 Å². The molecule has 0 bridgehead atoms. The molecule has 0 atom stereocenters. The van der Waals surface area contributed by atoms with Crippen molar-refractivity contribution in [3.05, 3.63) is 57.5 Å². The van der Waals surface area contributed by atoms with Crippen molar-refractivity contribution in [3.63, 3.8) is 0 Å². The van der Waals surface area contributed by atoms with Crippen LogP contribution in [0.2, 0.25) is 5.02 Å². The maximum atomic E-state index is 13.5. The van der Waals surface area contributed by atoms with Gasteiger partial charge in [-0.3, -0.25) is 0 Å². The van der Waals surface area contributed by atoms with Crippen LogP contribution in [0.4, 0.5) is 13.2 Å². The number of benzene rings is 2. The van der Waals surface area contributed by atoms with Crippen molar-refractivity contribution in [1.82, 2.24) is 9.97 Å². The molecule has 0 aliphatic carbocycles. The molecule has 2 heterocycles. The van der Waals surface area contributed by atoms with Gasteiger partial charge in [-0.2, -0.15) is 13.2 Å². The zero-order valence-electron chi connectivity index (χ0n) is 13.3. The van der Waals surface area contributed by atoms with Gasteiger partial charge in [0.15, 0.2) is 5.71 Å². The van der Waals surface area contributed by atoms with Crippen molar-refractivity contribution in [2.24, 2.45) is 5.16 Å². The number of hydrogen-bond donors (Lipinski definition) is 3. The highest BCUT2D eigenvalue weighted by Crippen LogP contribution is 2.37. The zero-order valence-corrected chi connectivity index (χ0v) is 15.7. The number of halogens is 5. The lowest BCUT2D eigenvalue weighted by Gasteiger charge is -2.10. The average molecular weight is 457 g/mol. The molecule has 4 rings (SSSR count). The molecular weight excluding hydrogens is 447 g/mol. The Morgan fingerprint density at radius 2 is 1.81 bits per heavy atom. The summed E-state index contributed by atoms with van der Waals surface area (Å²) >= 11 is 9.29. The number of H-pyrrole nitrogens is 2. The second-order valence-corrected chi connectivity index (χ2v) is 7.28. The molecule has 4 aromatic rings. The van der Waals surface area contributed by atoms with Gasteiger partial charge in [-0.05, 0) is 30.3 Å². The summed E-state index contributed by atoms with van der Waals surface area (Å²) in [6, 6.07) is 11.7. The summed E-state index contributed by atoms with van der Waals surface area (Å²) < 4.78 is 41.2. The van der Waals surface area contributed by atoms with E-state index < -0.39 is 11.9 Å². The van der Waals surface area contributed by atoms with Crippen molar-refractivity contribution < 1.29 is 18.4 Å². The zero-order chi connectivity index (χ0) is 19.3. The molecule has 0 saturated carbocycles. The normalized spacial score (nSPS) is 13.0. The number of hydrogen-bond acceptors (Lipinski definition) is 2. The molecule has 3 N–H and O–H groups in total. The van der Waals surface area contributed by atoms with Gasteiger partial charge in [0.2, 0.25) is 0 Å². The number of nitrogens with one attached hydrogen (secondary N) is 2. The van der Waals surface area contributed by atoms with Crippen LogP contribution >= 0.6 is 27.5 Å². The molecule has 0 unspecified atom stereocenters. The Bertz CT molecular complexity index is 1210. The fourth-order valence-electron chi connectivity index (χ4n) is 3.10.